The number of carbonyl (C=O) groups excluding carboxylic acids is 1. The molecule has 64 heavy (non-hydrogen) atoms. The number of unbranched alkanes of at least 4 members (excludes halogenated alkanes) is 24. The van der Waals surface area contributed by atoms with E-state index in [0.717, 1.165) is 57.8 Å². The van der Waals surface area contributed by atoms with Gasteiger partial charge in [0.2, 0.25) is 5.91 Å². The summed E-state index contributed by atoms with van der Waals surface area (Å²) in [6.45, 7) is 4.59. The van der Waals surface area contributed by atoms with E-state index in [1.165, 1.54) is 141 Å². The van der Waals surface area contributed by atoms with Gasteiger partial charge in [0.15, 0.2) is 0 Å². The molecule has 2 N–H and O–H groups in total. The maximum Gasteiger partial charge on any atom is 0.268 e. The molecule has 0 aromatic heterocycles. The molecular formula is C55H101N2O6P. The van der Waals surface area contributed by atoms with Gasteiger partial charge in [-0.25, -0.2) is 0 Å². The summed E-state index contributed by atoms with van der Waals surface area (Å²) in [6.07, 6.45) is 62.5. The lowest BCUT2D eigenvalue weighted by Crippen LogP contribution is -2.45. The molecule has 0 radical (unpaired) electrons. The molecule has 0 aromatic rings. The minimum absolute atomic E-state index is 0.0127. The van der Waals surface area contributed by atoms with Crippen molar-refractivity contribution in [2.24, 2.45) is 0 Å². The predicted molar refractivity (Wildman–Crippen MR) is 274 cm³/mol. The summed E-state index contributed by atoms with van der Waals surface area (Å²) in [7, 11) is 1.22. The van der Waals surface area contributed by atoms with Crippen molar-refractivity contribution in [3.8, 4) is 0 Å². The molecule has 0 bridgehead atoms. The first-order valence-electron chi connectivity index (χ1n) is 26.3. The van der Waals surface area contributed by atoms with Crippen molar-refractivity contribution >= 4 is 13.7 Å². The molecule has 0 aliphatic heterocycles. The highest BCUT2D eigenvalue weighted by Gasteiger charge is 2.23. The third-order valence-corrected chi connectivity index (χ3v) is 12.3. The molecule has 0 saturated heterocycles. The fourth-order valence-electron chi connectivity index (χ4n) is 7.19. The zero-order valence-corrected chi connectivity index (χ0v) is 43.1. The van der Waals surface area contributed by atoms with E-state index < -0.39 is 26.6 Å². The maximum atomic E-state index is 12.9. The Labute approximate surface area is 395 Å². The van der Waals surface area contributed by atoms with E-state index in [9.17, 15) is 19.4 Å². The second-order valence-electron chi connectivity index (χ2n) is 18.9. The van der Waals surface area contributed by atoms with E-state index in [0.29, 0.717) is 17.4 Å². The van der Waals surface area contributed by atoms with E-state index >= 15 is 0 Å². The normalized spacial score (nSPS) is 14.7. The van der Waals surface area contributed by atoms with Crippen LogP contribution in [-0.2, 0) is 18.4 Å². The van der Waals surface area contributed by atoms with Gasteiger partial charge in [-0.2, -0.15) is 0 Å². The highest BCUT2D eigenvalue weighted by molar-refractivity contribution is 7.45. The minimum Gasteiger partial charge on any atom is -0.756 e. The molecule has 0 rings (SSSR count). The number of phosphoric ester groups is 1. The number of phosphoric acid groups is 1. The van der Waals surface area contributed by atoms with Gasteiger partial charge in [0.25, 0.3) is 7.82 Å². The summed E-state index contributed by atoms with van der Waals surface area (Å²) >= 11 is 0. The number of nitrogens with one attached hydrogen (secondary N) is 1. The van der Waals surface area contributed by atoms with Crippen molar-refractivity contribution < 1.29 is 32.9 Å². The van der Waals surface area contributed by atoms with Gasteiger partial charge in [-0.05, 0) is 83.5 Å². The van der Waals surface area contributed by atoms with Crippen LogP contribution in [0, 0.1) is 0 Å². The Kier molecular flexibility index (Phi) is 44.6. The Morgan fingerprint density at radius 2 is 0.922 bits per heavy atom. The van der Waals surface area contributed by atoms with Crippen molar-refractivity contribution in [3.05, 3.63) is 72.9 Å². The number of quaternary nitrogens is 1. The van der Waals surface area contributed by atoms with Crippen LogP contribution >= 0.6 is 7.82 Å². The molecule has 0 aliphatic carbocycles. The quantitative estimate of drug-likeness (QED) is 0.0272. The van der Waals surface area contributed by atoms with E-state index in [2.05, 4.69) is 79.9 Å². The molecule has 1 amide bonds. The van der Waals surface area contributed by atoms with Gasteiger partial charge < -0.3 is 28.8 Å². The lowest BCUT2D eigenvalue weighted by molar-refractivity contribution is -0.870. The van der Waals surface area contributed by atoms with Crippen molar-refractivity contribution in [1.82, 2.24) is 5.32 Å². The van der Waals surface area contributed by atoms with E-state index in [1.54, 1.807) is 6.08 Å². The Bertz CT molecular complexity index is 1270. The molecule has 0 aliphatic rings. The first-order chi connectivity index (χ1) is 31.0. The SMILES string of the molecule is CCCCCCC/C=C\C/C=C\C/C=C\CCCCCCCCCCCCC(=O)NC(COP(=O)([O-])OCC[N+](C)(C)C)C(O)/C=C/CC/C=C/CC/C=C/CCCCCCCCC. The van der Waals surface area contributed by atoms with Gasteiger partial charge in [-0.1, -0.05) is 202 Å². The molecular weight excluding hydrogens is 816 g/mol. The largest absolute Gasteiger partial charge is 0.756 e. The van der Waals surface area contributed by atoms with Crippen LogP contribution in [0.25, 0.3) is 0 Å². The van der Waals surface area contributed by atoms with Gasteiger partial charge in [-0.3, -0.25) is 9.36 Å². The first-order valence-corrected chi connectivity index (χ1v) is 27.8. The summed E-state index contributed by atoms with van der Waals surface area (Å²) < 4.78 is 23.3. The van der Waals surface area contributed by atoms with Gasteiger partial charge in [0.1, 0.15) is 13.2 Å². The number of hydrogen-bond donors (Lipinski definition) is 2. The monoisotopic (exact) mass is 917 g/mol. The number of aliphatic hydroxyl groups is 1. The lowest BCUT2D eigenvalue weighted by Gasteiger charge is -2.29. The zero-order valence-electron chi connectivity index (χ0n) is 42.2. The second-order valence-corrected chi connectivity index (χ2v) is 20.3. The zero-order chi connectivity index (χ0) is 47.1. The van der Waals surface area contributed by atoms with Crippen LogP contribution < -0.4 is 10.2 Å². The number of hydrogen-bond acceptors (Lipinski definition) is 6. The number of aliphatic hydroxyl groups excluding tert-OH is 1. The molecule has 0 heterocycles. The molecule has 3 atom stereocenters. The molecule has 0 saturated carbocycles. The molecule has 8 nitrogen and oxygen atoms in total. The number of carbonyl (C=O) groups is 1. The van der Waals surface area contributed by atoms with E-state index in [1.807, 2.05) is 27.2 Å². The number of rotatable bonds is 47. The number of amides is 1. The van der Waals surface area contributed by atoms with Crippen LogP contribution in [0.2, 0.25) is 0 Å². The van der Waals surface area contributed by atoms with Gasteiger partial charge in [0, 0.05) is 6.42 Å². The lowest BCUT2D eigenvalue weighted by atomic mass is 10.0. The average molecular weight is 917 g/mol. The highest BCUT2D eigenvalue weighted by atomic mass is 31.2. The van der Waals surface area contributed by atoms with E-state index in [4.69, 9.17) is 9.05 Å². The molecule has 9 heteroatoms. The predicted octanol–water partition coefficient (Wildman–Crippen LogP) is 14.9. The molecule has 0 aromatic carbocycles. The van der Waals surface area contributed by atoms with Crippen LogP contribution in [0.5, 0.6) is 0 Å². The Hall–Kier alpha value is -2.06. The van der Waals surface area contributed by atoms with Crippen LogP contribution in [-0.4, -0.2) is 68.5 Å². The second kappa shape index (κ2) is 46.1. The maximum absolute atomic E-state index is 12.9. The van der Waals surface area contributed by atoms with E-state index in [-0.39, 0.29) is 12.5 Å². The number of allylic oxidation sites excluding steroid dienone is 11. The number of likely N-dealkylation sites (N-methyl/N-ethyl adjacent to an activating group) is 1. The standard InChI is InChI=1S/C55H101N2O6P/c1-6-8-10-12-14-16-18-20-22-24-25-26-27-28-29-30-31-33-35-37-39-41-43-45-47-49-55(59)56-53(52-63-64(60,61)62-51-50-57(3,4)5)54(58)48-46-44-42-40-38-36-34-32-23-21-19-17-15-13-11-9-7-2/h18,20,23-25,27-28,32,38,40,46,48,53-54,58H,6-17,19,21-22,26,29-31,33-37,39,41-45,47,49-52H2,1-5H3,(H-,56,59,60,61)/b20-18-,25-24-,28-27-,32-23+,40-38+,48-46+. The summed E-state index contributed by atoms with van der Waals surface area (Å²) in [4.78, 5) is 25.4. The number of nitrogens with zero attached hydrogens (tertiary/aromatic N) is 1. The minimum atomic E-state index is -4.61. The van der Waals surface area contributed by atoms with Crippen molar-refractivity contribution in [1.29, 1.82) is 0 Å². The summed E-state index contributed by atoms with van der Waals surface area (Å²) in [5, 5.41) is 13.8. The third kappa shape index (κ3) is 47.9. The van der Waals surface area contributed by atoms with Crippen LogP contribution in [0.3, 0.4) is 0 Å². The molecule has 0 fully saturated rings. The Morgan fingerprint density at radius 3 is 1.38 bits per heavy atom. The summed E-state index contributed by atoms with van der Waals surface area (Å²) in [6, 6.07) is -0.915. The van der Waals surface area contributed by atoms with Crippen molar-refractivity contribution in [2.75, 3.05) is 40.9 Å². The highest BCUT2D eigenvalue weighted by Crippen LogP contribution is 2.38. The van der Waals surface area contributed by atoms with Crippen LogP contribution in [0.4, 0.5) is 0 Å². The average Bonchev–Trinajstić information content (AvgIpc) is 3.25. The molecule has 3 unspecified atom stereocenters. The van der Waals surface area contributed by atoms with Gasteiger partial charge >= 0.3 is 0 Å². The smallest absolute Gasteiger partial charge is 0.268 e. The third-order valence-electron chi connectivity index (χ3n) is 11.4. The Morgan fingerprint density at radius 1 is 0.547 bits per heavy atom. The molecule has 0 spiro atoms. The summed E-state index contributed by atoms with van der Waals surface area (Å²) in [5.41, 5.74) is 0. The summed E-state index contributed by atoms with van der Waals surface area (Å²) in [5.74, 6) is -0.218. The topological polar surface area (TPSA) is 108 Å². The fraction of sp³-hybridized carbons (Fsp3) is 0.764. The van der Waals surface area contributed by atoms with Crippen LogP contribution in [0.1, 0.15) is 219 Å². The van der Waals surface area contributed by atoms with Crippen molar-refractivity contribution in [3.63, 3.8) is 0 Å². The first kappa shape index (κ1) is 61.9. The molecule has 372 valence electrons. The Balaban J connectivity index is 4.34. The van der Waals surface area contributed by atoms with Crippen LogP contribution in [0.15, 0.2) is 72.9 Å². The van der Waals surface area contributed by atoms with Gasteiger partial charge in [0.05, 0.1) is 39.9 Å². The van der Waals surface area contributed by atoms with Gasteiger partial charge in [-0.15, -0.1) is 0 Å². The fourth-order valence-corrected chi connectivity index (χ4v) is 7.91. The van der Waals surface area contributed by atoms with Crippen molar-refractivity contribution in [2.45, 2.75) is 231 Å².